The summed E-state index contributed by atoms with van der Waals surface area (Å²) in [7, 11) is 1.55. The molecular formula is C23H32N2O5. The minimum Gasteiger partial charge on any atom is -0.493 e. The Morgan fingerprint density at radius 1 is 1.30 bits per heavy atom. The summed E-state index contributed by atoms with van der Waals surface area (Å²) in [4.78, 5) is 26.5. The molecule has 2 aliphatic rings. The fourth-order valence-corrected chi connectivity index (χ4v) is 4.31. The number of allylic oxidation sites excluding steroid dienone is 1. The Bertz CT molecular complexity index is 799. The van der Waals surface area contributed by atoms with Crippen LogP contribution in [0.3, 0.4) is 0 Å². The molecule has 7 nitrogen and oxygen atoms in total. The number of aliphatic hydroxyl groups is 1. The first-order valence-electron chi connectivity index (χ1n) is 10.7. The normalized spacial score (nSPS) is 25.1. The van der Waals surface area contributed by atoms with E-state index in [-0.39, 0.29) is 19.1 Å². The SMILES string of the molecule is C/C=C/c1ccc(OCC(O)CN2C(=O)NC3(CCC(CC)CC3)C2=O)c(OC)c1. The number of nitrogens with zero attached hydrogens (tertiary/aromatic N) is 1. The molecule has 0 aromatic heterocycles. The molecule has 2 N–H and O–H groups in total. The molecule has 3 amide bonds. The molecule has 1 aliphatic carbocycles. The van der Waals surface area contributed by atoms with E-state index < -0.39 is 17.7 Å². The second-order valence-electron chi connectivity index (χ2n) is 8.15. The van der Waals surface area contributed by atoms with Crippen molar-refractivity contribution >= 4 is 18.0 Å². The van der Waals surface area contributed by atoms with Crippen molar-refractivity contribution in [1.29, 1.82) is 0 Å². The van der Waals surface area contributed by atoms with E-state index in [0.717, 1.165) is 29.7 Å². The van der Waals surface area contributed by atoms with Crippen LogP contribution >= 0.6 is 0 Å². The summed E-state index contributed by atoms with van der Waals surface area (Å²) in [6, 6.07) is 5.07. The van der Waals surface area contributed by atoms with Gasteiger partial charge in [-0.3, -0.25) is 9.69 Å². The summed E-state index contributed by atoms with van der Waals surface area (Å²) in [6.07, 6.45) is 7.17. The number of hydrogen-bond acceptors (Lipinski definition) is 5. The number of imide groups is 1. The Hall–Kier alpha value is -2.54. The van der Waals surface area contributed by atoms with Gasteiger partial charge >= 0.3 is 6.03 Å². The highest BCUT2D eigenvalue weighted by Crippen LogP contribution is 2.37. The van der Waals surface area contributed by atoms with Crippen LogP contribution in [0.1, 0.15) is 51.5 Å². The maximum Gasteiger partial charge on any atom is 0.325 e. The lowest BCUT2D eigenvalue weighted by atomic mass is 9.75. The summed E-state index contributed by atoms with van der Waals surface area (Å²) < 4.78 is 11.1. The van der Waals surface area contributed by atoms with Crippen molar-refractivity contribution in [1.82, 2.24) is 10.2 Å². The third-order valence-corrected chi connectivity index (χ3v) is 6.15. The number of carbonyl (C=O) groups excluding carboxylic acids is 2. The van der Waals surface area contributed by atoms with E-state index in [1.54, 1.807) is 13.2 Å². The number of carbonyl (C=O) groups is 2. The second kappa shape index (κ2) is 9.51. The minimum atomic E-state index is -0.998. The number of β-amino-alcohol motifs (C(OH)–C–C–N with tert-alkyl or cyclic N) is 1. The summed E-state index contributed by atoms with van der Waals surface area (Å²) in [5.74, 6) is 1.44. The predicted octanol–water partition coefficient (Wildman–Crippen LogP) is 3.36. The van der Waals surface area contributed by atoms with Crippen molar-refractivity contribution in [2.45, 2.75) is 57.6 Å². The first kappa shape index (κ1) is 22.2. The van der Waals surface area contributed by atoms with E-state index in [1.165, 1.54) is 0 Å². The average Bonchev–Trinajstić information content (AvgIpc) is 2.97. The fraction of sp³-hybridized carbons (Fsp3) is 0.565. The van der Waals surface area contributed by atoms with Crippen molar-refractivity contribution in [3.63, 3.8) is 0 Å². The summed E-state index contributed by atoms with van der Waals surface area (Å²) in [5.41, 5.74) is 0.180. The zero-order valence-electron chi connectivity index (χ0n) is 18.0. The van der Waals surface area contributed by atoms with Gasteiger partial charge in [0.05, 0.1) is 13.7 Å². The number of aliphatic hydroxyl groups excluding tert-OH is 1. The van der Waals surface area contributed by atoms with Gasteiger partial charge in [-0.2, -0.15) is 0 Å². The van der Waals surface area contributed by atoms with Gasteiger partial charge in [0.25, 0.3) is 5.91 Å². The van der Waals surface area contributed by atoms with Gasteiger partial charge < -0.3 is 19.9 Å². The van der Waals surface area contributed by atoms with Crippen LogP contribution in [-0.4, -0.2) is 53.8 Å². The molecule has 164 valence electrons. The Kier molecular flexibility index (Phi) is 7.02. The number of methoxy groups -OCH3 is 1. The van der Waals surface area contributed by atoms with E-state index in [2.05, 4.69) is 12.2 Å². The summed E-state index contributed by atoms with van der Waals surface area (Å²) in [5, 5.41) is 13.3. The number of ether oxygens (including phenoxy) is 2. The van der Waals surface area contributed by atoms with E-state index in [0.29, 0.717) is 30.3 Å². The molecule has 1 aromatic carbocycles. The van der Waals surface area contributed by atoms with Gasteiger partial charge in [-0.15, -0.1) is 0 Å². The Morgan fingerprint density at radius 2 is 2.03 bits per heavy atom. The largest absolute Gasteiger partial charge is 0.493 e. The highest BCUT2D eigenvalue weighted by Gasteiger charge is 2.52. The molecule has 7 heteroatoms. The van der Waals surface area contributed by atoms with Gasteiger partial charge in [-0.1, -0.05) is 31.6 Å². The van der Waals surface area contributed by atoms with Gasteiger partial charge in [0.15, 0.2) is 11.5 Å². The molecule has 30 heavy (non-hydrogen) atoms. The highest BCUT2D eigenvalue weighted by molar-refractivity contribution is 6.07. The molecule has 1 aliphatic heterocycles. The van der Waals surface area contributed by atoms with E-state index in [4.69, 9.17) is 9.47 Å². The van der Waals surface area contributed by atoms with Crippen LogP contribution in [0.25, 0.3) is 6.08 Å². The van der Waals surface area contributed by atoms with Crippen molar-refractivity contribution in [3.8, 4) is 11.5 Å². The molecule has 0 radical (unpaired) electrons. The molecule has 1 spiro atoms. The van der Waals surface area contributed by atoms with Gasteiger partial charge in [-0.25, -0.2) is 4.79 Å². The Balaban J connectivity index is 1.58. The van der Waals surface area contributed by atoms with Crippen molar-refractivity contribution < 1.29 is 24.2 Å². The summed E-state index contributed by atoms with van der Waals surface area (Å²) in [6.45, 7) is 3.94. The van der Waals surface area contributed by atoms with E-state index >= 15 is 0 Å². The van der Waals surface area contributed by atoms with Gasteiger partial charge in [0, 0.05) is 0 Å². The fourth-order valence-electron chi connectivity index (χ4n) is 4.31. The van der Waals surface area contributed by atoms with Crippen molar-refractivity contribution in [2.75, 3.05) is 20.3 Å². The van der Waals surface area contributed by atoms with E-state index in [9.17, 15) is 14.7 Å². The van der Waals surface area contributed by atoms with Crippen LogP contribution < -0.4 is 14.8 Å². The van der Waals surface area contributed by atoms with Crippen molar-refractivity contribution in [3.05, 3.63) is 29.8 Å². The molecule has 1 atom stereocenters. The monoisotopic (exact) mass is 416 g/mol. The van der Waals surface area contributed by atoms with Crippen LogP contribution in [0.4, 0.5) is 4.79 Å². The molecule has 2 fully saturated rings. The first-order valence-corrected chi connectivity index (χ1v) is 10.7. The first-order chi connectivity index (χ1) is 14.4. The topological polar surface area (TPSA) is 88.1 Å². The molecule has 1 saturated heterocycles. The van der Waals surface area contributed by atoms with Gasteiger partial charge in [-0.05, 0) is 56.2 Å². The van der Waals surface area contributed by atoms with Crippen LogP contribution in [0.2, 0.25) is 0 Å². The number of hydrogen-bond donors (Lipinski definition) is 2. The number of urea groups is 1. The third-order valence-electron chi connectivity index (χ3n) is 6.15. The van der Waals surface area contributed by atoms with E-state index in [1.807, 2.05) is 31.2 Å². The molecule has 1 aromatic rings. The standard InChI is InChI=1S/C23H32N2O5/c1-4-6-17-7-8-19(20(13-17)29-3)30-15-18(26)14-25-21(27)23(24-22(25)28)11-9-16(5-2)10-12-23/h4,6-8,13,16,18,26H,5,9-12,14-15H2,1-3H3,(H,24,28)/b6-4+. The maximum absolute atomic E-state index is 13.0. The lowest BCUT2D eigenvalue weighted by Crippen LogP contribution is -2.50. The van der Waals surface area contributed by atoms with Crippen LogP contribution in [-0.2, 0) is 4.79 Å². The quantitative estimate of drug-likeness (QED) is 0.635. The number of rotatable bonds is 8. The molecule has 0 bridgehead atoms. The van der Waals surface area contributed by atoms with Crippen LogP contribution in [0.15, 0.2) is 24.3 Å². The third kappa shape index (κ3) is 4.61. The maximum atomic E-state index is 13.0. The zero-order chi connectivity index (χ0) is 21.7. The van der Waals surface area contributed by atoms with Gasteiger partial charge in [0.1, 0.15) is 18.2 Å². The smallest absolute Gasteiger partial charge is 0.325 e. The predicted molar refractivity (Wildman–Crippen MR) is 114 cm³/mol. The molecule has 1 unspecified atom stereocenters. The zero-order valence-corrected chi connectivity index (χ0v) is 18.0. The molecule has 1 saturated carbocycles. The van der Waals surface area contributed by atoms with Crippen LogP contribution in [0, 0.1) is 5.92 Å². The highest BCUT2D eigenvalue weighted by atomic mass is 16.5. The van der Waals surface area contributed by atoms with Crippen molar-refractivity contribution in [2.24, 2.45) is 5.92 Å². The summed E-state index contributed by atoms with van der Waals surface area (Å²) >= 11 is 0. The number of amides is 3. The molecule has 1 heterocycles. The van der Waals surface area contributed by atoms with Gasteiger partial charge in [0.2, 0.25) is 0 Å². The Morgan fingerprint density at radius 3 is 2.67 bits per heavy atom. The number of benzene rings is 1. The average molecular weight is 417 g/mol. The number of nitrogens with one attached hydrogen (secondary N) is 1. The second-order valence-corrected chi connectivity index (χ2v) is 8.15. The Labute approximate surface area is 178 Å². The van der Waals surface area contributed by atoms with Crippen LogP contribution in [0.5, 0.6) is 11.5 Å². The lowest BCUT2D eigenvalue weighted by Gasteiger charge is -2.34. The molecule has 3 rings (SSSR count). The molecular weight excluding hydrogens is 384 g/mol. The lowest BCUT2D eigenvalue weighted by molar-refractivity contribution is -0.133. The minimum absolute atomic E-state index is 0.0543.